The van der Waals surface area contributed by atoms with Crippen molar-refractivity contribution in [1.29, 1.82) is 0 Å². The van der Waals surface area contributed by atoms with Crippen molar-refractivity contribution < 1.29 is 28.7 Å². The molecule has 2 bridgehead atoms. The Bertz CT molecular complexity index is 1360. The second-order valence-electron chi connectivity index (χ2n) is 10.9. The maximum Gasteiger partial charge on any atom is 0.316 e. The standard InChI is InChI=1S/C30H28N2O6/c1-2-37-24-9-4-3-8-23(24)31-15-16(12-25(31)33)30(36)38-18-7-5-6-17(13-18)32-28(34)26-19-10-11-20(22-14-21(19)22)27(26)29(32)35/h3-11,13,16,19-22,26-27H,2,12,14-15H2,1H3/t16-,19+,20+,21-,22+,26-,27+/m1/s1. The summed E-state index contributed by atoms with van der Waals surface area (Å²) >= 11 is 0. The van der Waals surface area contributed by atoms with Crippen LogP contribution in [-0.2, 0) is 19.2 Å². The molecule has 2 saturated carbocycles. The third kappa shape index (κ3) is 3.42. The van der Waals surface area contributed by atoms with E-state index in [0.29, 0.717) is 35.6 Å². The minimum atomic E-state index is -0.646. The summed E-state index contributed by atoms with van der Waals surface area (Å²) in [6, 6.07) is 13.8. The number of para-hydroxylation sites is 2. The lowest BCUT2D eigenvalue weighted by Crippen LogP contribution is -2.40. The first-order valence-electron chi connectivity index (χ1n) is 13.4. The molecule has 8 rings (SSSR count). The average molecular weight is 513 g/mol. The Morgan fingerprint density at radius 3 is 2.37 bits per heavy atom. The zero-order chi connectivity index (χ0) is 26.1. The number of benzene rings is 2. The van der Waals surface area contributed by atoms with Crippen molar-refractivity contribution >= 4 is 35.1 Å². The molecular weight excluding hydrogens is 484 g/mol. The number of rotatable bonds is 6. The molecule has 2 aromatic carbocycles. The lowest BCUT2D eigenvalue weighted by Gasteiger charge is -2.37. The summed E-state index contributed by atoms with van der Waals surface area (Å²) < 4.78 is 11.3. The maximum absolute atomic E-state index is 13.4. The van der Waals surface area contributed by atoms with E-state index in [4.69, 9.17) is 9.47 Å². The zero-order valence-electron chi connectivity index (χ0n) is 21.0. The van der Waals surface area contributed by atoms with E-state index in [0.717, 1.165) is 6.42 Å². The van der Waals surface area contributed by atoms with Crippen molar-refractivity contribution in [3.63, 3.8) is 0 Å². The smallest absolute Gasteiger partial charge is 0.316 e. The molecule has 4 fully saturated rings. The molecule has 2 aliphatic heterocycles. The average Bonchev–Trinajstić information content (AvgIpc) is 3.60. The number of carbonyl (C=O) groups excluding carboxylic acids is 4. The Morgan fingerprint density at radius 1 is 0.947 bits per heavy atom. The van der Waals surface area contributed by atoms with Gasteiger partial charge in [-0.3, -0.25) is 19.2 Å². The van der Waals surface area contributed by atoms with Gasteiger partial charge in [0.2, 0.25) is 17.7 Å². The van der Waals surface area contributed by atoms with E-state index in [1.807, 2.05) is 19.1 Å². The quantitative estimate of drug-likeness (QED) is 0.254. The highest BCUT2D eigenvalue weighted by Gasteiger charge is 2.67. The maximum atomic E-state index is 13.4. The number of hydrogen-bond acceptors (Lipinski definition) is 6. The van der Waals surface area contributed by atoms with Gasteiger partial charge in [0.1, 0.15) is 11.5 Å². The number of amides is 3. The molecule has 4 aliphatic carbocycles. The van der Waals surface area contributed by atoms with Crippen LogP contribution in [0, 0.1) is 41.4 Å². The number of nitrogens with zero attached hydrogens (tertiary/aromatic N) is 2. The molecular formula is C30H28N2O6. The molecule has 0 spiro atoms. The molecule has 0 aromatic heterocycles. The Balaban J connectivity index is 1.07. The minimum Gasteiger partial charge on any atom is -0.492 e. The van der Waals surface area contributed by atoms with Gasteiger partial charge in [0.15, 0.2) is 0 Å². The van der Waals surface area contributed by atoms with Gasteiger partial charge in [-0.2, -0.15) is 0 Å². The van der Waals surface area contributed by atoms with Crippen molar-refractivity contribution in [1.82, 2.24) is 0 Å². The summed E-state index contributed by atoms with van der Waals surface area (Å²) in [6.45, 7) is 2.52. The largest absolute Gasteiger partial charge is 0.492 e. The van der Waals surface area contributed by atoms with E-state index < -0.39 is 11.9 Å². The third-order valence-corrected chi connectivity index (χ3v) is 8.87. The number of allylic oxidation sites excluding steroid dienone is 2. The van der Waals surface area contributed by atoms with E-state index in [-0.39, 0.29) is 60.1 Å². The SMILES string of the molecule is CCOc1ccccc1N1C[C@H](C(=O)Oc2cccc(N3C(=O)[C@@H]4[C@H]5C=C[C@@H]([C@@H]6C[C@H]56)[C@@H]4C3=O)c2)CC1=O. The first kappa shape index (κ1) is 23.2. The van der Waals surface area contributed by atoms with Crippen LogP contribution in [0.5, 0.6) is 11.5 Å². The third-order valence-electron chi connectivity index (χ3n) is 8.87. The van der Waals surface area contributed by atoms with Crippen LogP contribution in [0.3, 0.4) is 0 Å². The molecule has 0 radical (unpaired) electrons. The van der Waals surface area contributed by atoms with Gasteiger partial charge in [-0.05, 0) is 61.3 Å². The van der Waals surface area contributed by atoms with Crippen LogP contribution < -0.4 is 19.3 Å². The minimum absolute atomic E-state index is 0.0313. The van der Waals surface area contributed by atoms with E-state index in [9.17, 15) is 19.2 Å². The summed E-state index contributed by atoms with van der Waals surface area (Å²) in [4.78, 5) is 55.6. The van der Waals surface area contributed by atoms with E-state index in [2.05, 4.69) is 12.2 Å². The second kappa shape index (κ2) is 8.55. The van der Waals surface area contributed by atoms with Gasteiger partial charge >= 0.3 is 5.97 Å². The summed E-state index contributed by atoms with van der Waals surface area (Å²) in [6.07, 6.45) is 5.43. The number of ether oxygens (including phenoxy) is 2. The molecule has 2 heterocycles. The number of hydrogen-bond donors (Lipinski definition) is 0. The van der Waals surface area contributed by atoms with Crippen LogP contribution in [0.1, 0.15) is 19.8 Å². The van der Waals surface area contributed by atoms with Crippen LogP contribution in [0.25, 0.3) is 0 Å². The van der Waals surface area contributed by atoms with Gasteiger partial charge in [-0.25, -0.2) is 4.90 Å². The van der Waals surface area contributed by atoms with Crippen LogP contribution in [-0.4, -0.2) is 36.8 Å². The number of carbonyl (C=O) groups is 4. The van der Waals surface area contributed by atoms with Crippen molar-refractivity contribution in [3.8, 4) is 11.5 Å². The lowest BCUT2D eigenvalue weighted by molar-refractivity contribution is -0.139. The molecule has 2 saturated heterocycles. The lowest BCUT2D eigenvalue weighted by atomic mass is 9.63. The topological polar surface area (TPSA) is 93.2 Å². The van der Waals surface area contributed by atoms with Gasteiger partial charge in [-0.1, -0.05) is 30.4 Å². The highest BCUT2D eigenvalue weighted by molar-refractivity contribution is 6.22. The molecule has 7 atom stereocenters. The van der Waals surface area contributed by atoms with E-state index >= 15 is 0 Å². The number of imide groups is 1. The summed E-state index contributed by atoms with van der Waals surface area (Å²) in [5.74, 6) is -0.0465. The molecule has 8 nitrogen and oxygen atoms in total. The first-order valence-corrected chi connectivity index (χ1v) is 13.4. The van der Waals surface area contributed by atoms with Crippen molar-refractivity contribution in [2.75, 3.05) is 23.0 Å². The molecule has 3 amide bonds. The Labute approximate surface area is 220 Å². The zero-order valence-corrected chi connectivity index (χ0v) is 21.0. The Kier molecular flexibility index (Phi) is 5.22. The second-order valence-corrected chi connectivity index (χ2v) is 10.9. The van der Waals surface area contributed by atoms with Crippen molar-refractivity contribution in [2.45, 2.75) is 19.8 Å². The van der Waals surface area contributed by atoms with E-state index in [1.54, 1.807) is 41.3 Å². The molecule has 6 aliphatic rings. The number of esters is 1. The van der Waals surface area contributed by atoms with Gasteiger partial charge < -0.3 is 14.4 Å². The molecule has 8 heteroatoms. The van der Waals surface area contributed by atoms with Gasteiger partial charge in [0.25, 0.3) is 0 Å². The molecule has 194 valence electrons. The summed E-state index contributed by atoms with van der Waals surface area (Å²) in [7, 11) is 0. The van der Waals surface area contributed by atoms with E-state index in [1.165, 1.54) is 4.90 Å². The predicted octanol–water partition coefficient (Wildman–Crippen LogP) is 3.60. The first-order chi connectivity index (χ1) is 18.5. The van der Waals surface area contributed by atoms with Gasteiger partial charge in [0.05, 0.1) is 35.7 Å². The van der Waals surface area contributed by atoms with Crippen molar-refractivity contribution in [2.24, 2.45) is 41.4 Å². The fourth-order valence-corrected chi connectivity index (χ4v) is 7.15. The normalized spacial score (nSPS) is 32.4. The molecule has 2 aromatic rings. The van der Waals surface area contributed by atoms with Crippen LogP contribution in [0.15, 0.2) is 60.7 Å². The van der Waals surface area contributed by atoms with Crippen LogP contribution in [0.4, 0.5) is 11.4 Å². The van der Waals surface area contributed by atoms with Crippen LogP contribution >= 0.6 is 0 Å². The fourth-order valence-electron chi connectivity index (χ4n) is 7.15. The van der Waals surface area contributed by atoms with Gasteiger partial charge in [-0.15, -0.1) is 0 Å². The summed E-state index contributed by atoms with van der Waals surface area (Å²) in [5.41, 5.74) is 1.05. The molecule has 38 heavy (non-hydrogen) atoms. The molecule has 0 N–H and O–H groups in total. The Morgan fingerprint density at radius 2 is 1.66 bits per heavy atom. The predicted molar refractivity (Wildman–Crippen MR) is 137 cm³/mol. The highest BCUT2D eigenvalue weighted by atomic mass is 16.5. The highest BCUT2D eigenvalue weighted by Crippen LogP contribution is 2.65. The monoisotopic (exact) mass is 512 g/mol. The van der Waals surface area contributed by atoms with Gasteiger partial charge in [0, 0.05) is 19.0 Å². The summed E-state index contributed by atoms with van der Waals surface area (Å²) in [5, 5.41) is 0. The molecule has 0 unspecified atom stereocenters. The fraction of sp³-hybridized carbons (Fsp3) is 0.400. The Hall–Kier alpha value is -3.94. The van der Waals surface area contributed by atoms with Crippen LogP contribution in [0.2, 0.25) is 0 Å². The number of anilines is 2. The van der Waals surface area contributed by atoms with Crippen molar-refractivity contribution in [3.05, 3.63) is 60.7 Å².